The molecular weight excluding hydrogens is 326 g/mol. The lowest BCUT2D eigenvalue weighted by Gasteiger charge is -2.40. The number of thioether (sulfide) groups is 1. The fourth-order valence-corrected chi connectivity index (χ4v) is 3.90. The number of nitrogens with one attached hydrogen (secondary N) is 1. The summed E-state index contributed by atoms with van der Waals surface area (Å²) in [5, 5.41) is 2.86. The van der Waals surface area contributed by atoms with Crippen LogP contribution in [0.4, 0.5) is 5.69 Å². The Balaban J connectivity index is 1.41. The lowest BCUT2D eigenvalue weighted by atomic mass is 9.98. The van der Waals surface area contributed by atoms with Crippen LogP contribution in [0.2, 0.25) is 0 Å². The van der Waals surface area contributed by atoms with Crippen molar-refractivity contribution < 1.29 is 14.3 Å². The van der Waals surface area contributed by atoms with Gasteiger partial charge in [-0.15, -0.1) is 0 Å². The molecule has 3 rings (SSSR count). The summed E-state index contributed by atoms with van der Waals surface area (Å²) in [6, 6.07) is 7.29. The quantitative estimate of drug-likeness (QED) is 0.864. The van der Waals surface area contributed by atoms with Gasteiger partial charge >= 0.3 is 0 Å². The molecule has 0 saturated carbocycles. The van der Waals surface area contributed by atoms with Crippen LogP contribution in [0, 0.1) is 5.92 Å². The van der Waals surface area contributed by atoms with Gasteiger partial charge in [-0.1, -0.05) is 6.07 Å². The highest BCUT2D eigenvalue weighted by atomic mass is 32.2. The number of amides is 2. The molecule has 6 nitrogen and oxygen atoms in total. The molecule has 130 valence electrons. The van der Waals surface area contributed by atoms with E-state index in [1.165, 1.54) is 0 Å². The van der Waals surface area contributed by atoms with E-state index in [0.29, 0.717) is 25.4 Å². The molecular formula is C17H23N3O3S. The van der Waals surface area contributed by atoms with E-state index in [-0.39, 0.29) is 17.7 Å². The van der Waals surface area contributed by atoms with Gasteiger partial charge in [-0.05, 0) is 12.1 Å². The molecule has 2 aliphatic rings. The van der Waals surface area contributed by atoms with Crippen molar-refractivity contribution in [3.05, 3.63) is 24.3 Å². The first-order chi connectivity index (χ1) is 11.7. The Kier molecular flexibility index (Phi) is 5.63. The molecule has 0 aromatic heterocycles. The first-order valence-electron chi connectivity index (χ1n) is 8.18. The average molecular weight is 349 g/mol. The van der Waals surface area contributed by atoms with Gasteiger partial charge in [0.25, 0.3) is 0 Å². The molecule has 24 heavy (non-hydrogen) atoms. The minimum atomic E-state index is -0.0662. The number of benzene rings is 1. The number of rotatable bonds is 5. The van der Waals surface area contributed by atoms with Crippen LogP contribution in [0.15, 0.2) is 24.3 Å². The van der Waals surface area contributed by atoms with Crippen molar-refractivity contribution in [2.45, 2.75) is 0 Å². The lowest BCUT2D eigenvalue weighted by molar-refractivity contribution is -0.141. The summed E-state index contributed by atoms with van der Waals surface area (Å²) >= 11 is 1.90. The van der Waals surface area contributed by atoms with Crippen molar-refractivity contribution in [3.63, 3.8) is 0 Å². The van der Waals surface area contributed by atoms with E-state index in [9.17, 15) is 9.59 Å². The molecule has 2 saturated heterocycles. The topological polar surface area (TPSA) is 61.9 Å². The summed E-state index contributed by atoms with van der Waals surface area (Å²) in [6.45, 7) is 3.38. The summed E-state index contributed by atoms with van der Waals surface area (Å²) < 4.78 is 5.14. The van der Waals surface area contributed by atoms with Crippen molar-refractivity contribution in [3.8, 4) is 5.75 Å². The van der Waals surface area contributed by atoms with Gasteiger partial charge in [-0.25, -0.2) is 0 Å². The second-order valence-corrected chi connectivity index (χ2v) is 7.33. The number of hydrogen-bond acceptors (Lipinski definition) is 5. The predicted molar refractivity (Wildman–Crippen MR) is 95.5 cm³/mol. The third-order valence-corrected chi connectivity index (χ3v) is 5.29. The smallest absolute Gasteiger partial charge is 0.238 e. The van der Waals surface area contributed by atoms with Crippen molar-refractivity contribution >= 4 is 29.3 Å². The zero-order chi connectivity index (χ0) is 16.9. The Hall–Kier alpha value is -1.73. The van der Waals surface area contributed by atoms with Gasteiger partial charge in [-0.2, -0.15) is 11.8 Å². The minimum absolute atomic E-state index is 0.0534. The van der Waals surface area contributed by atoms with Crippen LogP contribution in [-0.4, -0.2) is 73.0 Å². The summed E-state index contributed by atoms with van der Waals surface area (Å²) in [5.41, 5.74) is 0.721. The number of nitrogens with zero attached hydrogens (tertiary/aromatic N) is 2. The maximum atomic E-state index is 12.3. The van der Waals surface area contributed by atoms with Crippen LogP contribution in [0.3, 0.4) is 0 Å². The van der Waals surface area contributed by atoms with Crippen LogP contribution in [0.1, 0.15) is 0 Å². The number of carbonyl (C=O) groups is 2. The average Bonchev–Trinajstić information content (AvgIpc) is 2.58. The number of anilines is 1. The van der Waals surface area contributed by atoms with Crippen LogP contribution in [0.25, 0.3) is 0 Å². The third kappa shape index (κ3) is 4.21. The predicted octanol–water partition coefficient (Wildman–Crippen LogP) is 1.14. The van der Waals surface area contributed by atoms with E-state index in [2.05, 4.69) is 5.32 Å². The van der Waals surface area contributed by atoms with Crippen LogP contribution in [0.5, 0.6) is 5.75 Å². The summed E-state index contributed by atoms with van der Waals surface area (Å²) in [5.74, 6) is 3.01. The molecule has 0 spiro atoms. The van der Waals surface area contributed by atoms with Gasteiger partial charge in [-0.3, -0.25) is 14.5 Å². The van der Waals surface area contributed by atoms with Crippen molar-refractivity contribution in [1.82, 2.24) is 9.80 Å². The fraction of sp³-hybridized carbons (Fsp3) is 0.529. The molecule has 0 bridgehead atoms. The molecule has 0 aliphatic carbocycles. The largest absolute Gasteiger partial charge is 0.497 e. The molecule has 1 N–H and O–H groups in total. The number of ether oxygens (including phenoxy) is 1. The third-order valence-electron chi connectivity index (χ3n) is 4.35. The second-order valence-electron chi connectivity index (χ2n) is 6.11. The summed E-state index contributed by atoms with van der Waals surface area (Å²) in [7, 11) is 1.60. The van der Waals surface area contributed by atoms with Crippen molar-refractivity contribution in [2.24, 2.45) is 5.92 Å². The monoisotopic (exact) mass is 349 g/mol. The number of likely N-dealkylation sites (tertiary alicyclic amines) is 1. The van der Waals surface area contributed by atoms with Gasteiger partial charge in [0, 0.05) is 49.4 Å². The highest BCUT2D eigenvalue weighted by Crippen LogP contribution is 2.21. The highest BCUT2D eigenvalue weighted by Gasteiger charge is 2.36. The van der Waals surface area contributed by atoms with E-state index in [0.717, 1.165) is 30.3 Å². The Bertz CT molecular complexity index is 598. The molecule has 0 radical (unpaired) electrons. The summed E-state index contributed by atoms with van der Waals surface area (Å²) in [4.78, 5) is 28.4. The summed E-state index contributed by atoms with van der Waals surface area (Å²) in [6.07, 6.45) is 0. The van der Waals surface area contributed by atoms with Gasteiger partial charge in [0.15, 0.2) is 0 Å². The van der Waals surface area contributed by atoms with Gasteiger partial charge in [0.05, 0.1) is 19.6 Å². The van der Waals surface area contributed by atoms with Crippen molar-refractivity contribution in [1.29, 1.82) is 0 Å². The Morgan fingerprint density at radius 3 is 2.75 bits per heavy atom. The van der Waals surface area contributed by atoms with E-state index >= 15 is 0 Å². The lowest BCUT2D eigenvalue weighted by Crippen LogP contribution is -2.57. The Morgan fingerprint density at radius 2 is 2.04 bits per heavy atom. The molecule has 2 amide bonds. The number of hydrogen-bond donors (Lipinski definition) is 1. The fourth-order valence-electron chi connectivity index (χ4n) is 3.00. The van der Waals surface area contributed by atoms with E-state index in [1.807, 2.05) is 39.8 Å². The molecule has 7 heteroatoms. The first kappa shape index (κ1) is 17.1. The first-order valence-corrected chi connectivity index (χ1v) is 9.34. The van der Waals surface area contributed by atoms with E-state index in [1.54, 1.807) is 13.2 Å². The van der Waals surface area contributed by atoms with Crippen LogP contribution < -0.4 is 10.1 Å². The maximum Gasteiger partial charge on any atom is 0.238 e. The molecule has 1 aromatic carbocycles. The molecule has 2 aliphatic heterocycles. The number of methoxy groups -OCH3 is 1. The Labute approximate surface area is 146 Å². The Morgan fingerprint density at radius 1 is 1.29 bits per heavy atom. The van der Waals surface area contributed by atoms with Crippen LogP contribution >= 0.6 is 11.8 Å². The van der Waals surface area contributed by atoms with Crippen molar-refractivity contribution in [2.75, 3.05) is 56.7 Å². The molecule has 1 aromatic rings. The molecule has 2 heterocycles. The van der Waals surface area contributed by atoms with Gasteiger partial charge in [0.2, 0.25) is 11.8 Å². The zero-order valence-electron chi connectivity index (χ0n) is 13.9. The maximum absolute atomic E-state index is 12.3. The van der Waals surface area contributed by atoms with Gasteiger partial charge in [0.1, 0.15) is 5.75 Å². The number of carbonyl (C=O) groups excluding carboxylic acids is 2. The molecule has 2 fully saturated rings. The highest BCUT2D eigenvalue weighted by molar-refractivity contribution is 7.99. The SMILES string of the molecule is COc1cccc(NC(=O)CN2CC(C(=O)N3CCSCC3)C2)c1. The second kappa shape index (κ2) is 7.90. The zero-order valence-corrected chi connectivity index (χ0v) is 14.7. The van der Waals surface area contributed by atoms with E-state index < -0.39 is 0 Å². The molecule has 0 unspecified atom stereocenters. The standard InChI is InChI=1S/C17H23N3O3S/c1-23-15-4-2-3-14(9-15)18-16(21)12-19-10-13(11-19)17(22)20-5-7-24-8-6-20/h2-4,9,13H,5-8,10-12H2,1H3,(H,18,21). The normalized spacial score (nSPS) is 18.8. The van der Waals surface area contributed by atoms with Crippen LogP contribution in [-0.2, 0) is 9.59 Å². The minimum Gasteiger partial charge on any atom is -0.497 e. The molecule has 0 atom stereocenters. The van der Waals surface area contributed by atoms with Gasteiger partial charge < -0.3 is 15.0 Å². The van der Waals surface area contributed by atoms with E-state index in [4.69, 9.17) is 4.74 Å².